The van der Waals surface area contributed by atoms with Crippen LogP contribution >= 0.6 is 15.9 Å². The summed E-state index contributed by atoms with van der Waals surface area (Å²) in [5.41, 5.74) is 0. The molecule has 72 valence electrons. The molecule has 0 aliphatic rings. The van der Waals surface area contributed by atoms with Gasteiger partial charge in [-0.2, -0.15) is 0 Å². The first-order chi connectivity index (χ1) is 6.18. The summed E-state index contributed by atoms with van der Waals surface area (Å²) >= 11 is 3.16. The lowest BCUT2D eigenvalue weighted by atomic mass is 10.4. The van der Waals surface area contributed by atoms with Gasteiger partial charge in [0.25, 0.3) is 0 Å². The van der Waals surface area contributed by atoms with Crippen LogP contribution in [0.5, 0.6) is 0 Å². The second kappa shape index (κ2) is 5.06. The number of nitrogens with zero attached hydrogens (tertiary/aromatic N) is 2. The fraction of sp³-hybridized carbons (Fsp3) is 0.429. The Hall–Kier alpha value is -0.780. The van der Waals surface area contributed by atoms with E-state index in [4.69, 9.17) is 0 Å². The Morgan fingerprint density at radius 1 is 1.38 bits per heavy atom. The highest BCUT2D eigenvalue weighted by Gasteiger charge is 2.01. The minimum atomic E-state index is -2.29. The average molecular weight is 252 g/mol. The maximum absolute atomic E-state index is 11.7. The maximum Gasteiger partial charge on any atom is 0.240 e. The van der Waals surface area contributed by atoms with E-state index in [9.17, 15) is 8.78 Å². The molecule has 0 amide bonds. The molecule has 0 unspecified atom stereocenters. The van der Waals surface area contributed by atoms with Crippen LogP contribution in [-0.4, -0.2) is 22.9 Å². The van der Waals surface area contributed by atoms with Crippen molar-refractivity contribution in [3.8, 4) is 0 Å². The SMILES string of the molecule is FC(F)CCNc1ncc(Br)cn1. The third kappa shape index (κ3) is 4.12. The highest BCUT2D eigenvalue weighted by atomic mass is 79.9. The molecule has 0 spiro atoms. The third-order valence-electron chi connectivity index (χ3n) is 1.27. The van der Waals surface area contributed by atoms with Gasteiger partial charge in [-0.3, -0.25) is 0 Å². The molecule has 13 heavy (non-hydrogen) atoms. The van der Waals surface area contributed by atoms with Crippen LogP contribution in [0.25, 0.3) is 0 Å². The summed E-state index contributed by atoms with van der Waals surface area (Å²) in [6, 6.07) is 0. The van der Waals surface area contributed by atoms with Gasteiger partial charge in [-0.25, -0.2) is 18.7 Å². The molecule has 0 saturated heterocycles. The molecule has 1 aromatic rings. The van der Waals surface area contributed by atoms with Crippen molar-refractivity contribution in [1.82, 2.24) is 9.97 Å². The number of anilines is 1. The van der Waals surface area contributed by atoms with Crippen molar-refractivity contribution >= 4 is 21.9 Å². The van der Waals surface area contributed by atoms with Crippen molar-refractivity contribution in [3.05, 3.63) is 16.9 Å². The van der Waals surface area contributed by atoms with E-state index in [0.717, 1.165) is 4.47 Å². The molecule has 1 heterocycles. The van der Waals surface area contributed by atoms with Gasteiger partial charge in [0.2, 0.25) is 12.4 Å². The number of nitrogens with one attached hydrogen (secondary N) is 1. The van der Waals surface area contributed by atoms with E-state index in [2.05, 4.69) is 31.2 Å². The molecule has 0 fully saturated rings. The molecule has 6 heteroatoms. The van der Waals surface area contributed by atoms with Gasteiger partial charge in [0.05, 0.1) is 4.47 Å². The van der Waals surface area contributed by atoms with E-state index in [-0.39, 0.29) is 13.0 Å². The minimum absolute atomic E-state index is 0.180. The minimum Gasteiger partial charge on any atom is -0.354 e. The fourth-order valence-corrected chi connectivity index (χ4v) is 0.901. The van der Waals surface area contributed by atoms with Crippen molar-refractivity contribution < 1.29 is 8.78 Å². The molecule has 0 atom stereocenters. The Balaban J connectivity index is 2.33. The Morgan fingerprint density at radius 2 is 2.00 bits per heavy atom. The molecule has 1 rings (SSSR count). The van der Waals surface area contributed by atoms with Gasteiger partial charge in [-0.15, -0.1) is 0 Å². The van der Waals surface area contributed by atoms with Crippen LogP contribution in [0.1, 0.15) is 6.42 Å². The van der Waals surface area contributed by atoms with Crippen molar-refractivity contribution in [2.45, 2.75) is 12.8 Å². The number of aromatic nitrogens is 2. The van der Waals surface area contributed by atoms with E-state index >= 15 is 0 Å². The van der Waals surface area contributed by atoms with Crippen LogP contribution in [-0.2, 0) is 0 Å². The summed E-state index contributed by atoms with van der Waals surface area (Å²) in [5.74, 6) is 0.365. The van der Waals surface area contributed by atoms with Crippen molar-refractivity contribution in [2.24, 2.45) is 0 Å². The standard InChI is InChI=1S/C7H8BrF2N3/c8-5-3-12-7(13-4-5)11-2-1-6(9)10/h3-4,6H,1-2H2,(H,11,12,13). The van der Waals surface area contributed by atoms with Gasteiger partial charge in [0.15, 0.2) is 0 Å². The zero-order valence-electron chi connectivity index (χ0n) is 6.67. The Morgan fingerprint density at radius 3 is 2.54 bits per heavy atom. The highest BCUT2D eigenvalue weighted by molar-refractivity contribution is 9.10. The van der Waals surface area contributed by atoms with E-state index < -0.39 is 6.43 Å². The Kier molecular flexibility index (Phi) is 4.01. The molecule has 0 aliphatic carbocycles. The number of rotatable bonds is 4. The molecule has 0 bridgehead atoms. The first-order valence-electron chi connectivity index (χ1n) is 3.68. The van der Waals surface area contributed by atoms with Crippen LogP contribution in [0, 0.1) is 0 Å². The Bertz CT molecular complexity index is 252. The number of hydrogen-bond acceptors (Lipinski definition) is 3. The molecular weight excluding hydrogens is 244 g/mol. The van der Waals surface area contributed by atoms with Gasteiger partial charge in [0.1, 0.15) is 0 Å². The van der Waals surface area contributed by atoms with E-state index in [0.29, 0.717) is 5.95 Å². The molecule has 0 radical (unpaired) electrons. The molecule has 3 nitrogen and oxygen atoms in total. The fourth-order valence-electron chi connectivity index (χ4n) is 0.697. The number of alkyl halides is 2. The molecule has 0 aliphatic heterocycles. The second-order valence-electron chi connectivity index (χ2n) is 2.33. The Labute approximate surface area is 82.7 Å². The van der Waals surface area contributed by atoms with Gasteiger partial charge in [-0.1, -0.05) is 0 Å². The van der Waals surface area contributed by atoms with Crippen LogP contribution in [0.3, 0.4) is 0 Å². The summed E-state index contributed by atoms with van der Waals surface area (Å²) < 4.78 is 24.2. The highest BCUT2D eigenvalue weighted by Crippen LogP contribution is 2.07. The predicted octanol–water partition coefficient (Wildman–Crippen LogP) is 2.31. The van der Waals surface area contributed by atoms with Crippen molar-refractivity contribution in [1.29, 1.82) is 0 Å². The van der Waals surface area contributed by atoms with Crippen LogP contribution in [0.2, 0.25) is 0 Å². The van der Waals surface area contributed by atoms with Gasteiger partial charge >= 0.3 is 0 Å². The quantitative estimate of drug-likeness (QED) is 0.893. The zero-order valence-corrected chi connectivity index (χ0v) is 8.26. The van der Waals surface area contributed by atoms with Gasteiger partial charge in [-0.05, 0) is 15.9 Å². The lowest BCUT2D eigenvalue weighted by Gasteiger charge is -2.02. The topological polar surface area (TPSA) is 37.8 Å². The maximum atomic E-state index is 11.7. The van der Waals surface area contributed by atoms with Crippen molar-refractivity contribution in [3.63, 3.8) is 0 Å². The zero-order chi connectivity index (χ0) is 9.68. The molecule has 1 N–H and O–H groups in total. The molecular formula is C7H8BrF2N3. The smallest absolute Gasteiger partial charge is 0.240 e. The summed E-state index contributed by atoms with van der Waals surface area (Å²) in [6.45, 7) is 0.180. The van der Waals surface area contributed by atoms with Crippen LogP contribution in [0.15, 0.2) is 16.9 Å². The molecule has 1 aromatic heterocycles. The van der Waals surface area contributed by atoms with E-state index in [1.165, 1.54) is 0 Å². The summed E-state index contributed by atoms with van der Waals surface area (Å²) in [4.78, 5) is 7.72. The summed E-state index contributed by atoms with van der Waals surface area (Å²) in [6.07, 6.45) is 0.623. The van der Waals surface area contributed by atoms with E-state index in [1.807, 2.05) is 0 Å². The second-order valence-corrected chi connectivity index (χ2v) is 3.25. The molecule has 0 saturated carbocycles. The van der Waals surface area contributed by atoms with Gasteiger partial charge < -0.3 is 5.32 Å². The third-order valence-corrected chi connectivity index (χ3v) is 1.68. The van der Waals surface area contributed by atoms with Crippen LogP contribution < -0.4 is 5.32 Å². The average Bonchev–Trinajstić information content (AvgIpc) is 2.08. The first kappa shape index (κ1) is 10.3. The normalized spacial score (nSPS) is 10.5. The van der Waals surface area contributed by atoms with Gasteiger partial charge in [0, 0.05) is 25.4 Å². The summed E-state index contributed by atoms with van der Waals surface area (Å²) in [5, 5.41) is 2.68. The lowest BCUT2D eigenvalue weighted by Crippen LogP contribution is -2.08. The predicted molar refractivity (Wildman–Crippen MR) is 48.8 cm³/mol. The number of hydrogen-bond donors (Lipinski definition) is 1. The van der Waals surface area contributed by atoms with Crippen LogP contribution in [0.4, 0.5) is 14.7 Å². The first-order valence-corrected chi connectivity index (χ1v) is 4.47. The van der Waals surface area contributed by atoms with E-state index in [1.54, 1.807) is 12.4 Å². The molecule has 0 aromatic carbocycles. The van der Waals surface area contributed by atoms with Crippen molar-refractivity contribution in [2.75, 3.05) is 11.9 Å². The lowest BCUT2D eigenvalue weighted by molar-refractivity contribution is 0.142. The summed E-state index contributed by atoms with van der Waals surface area (Å²) in [7, 11) is 0. The number of halogens is 3. The monoisotopic (exact) mass is 251 g/mol. The largest absolute Gasteiger partial charge is 0.354 e.